The molecule has 4 rings (SSSR count). The van der Waals surface area contributed by atoms with E-state index in [2.05, 4.69) is 46.2 Å². The van der Waals surface area contributed by atoms with Gasteiger partial charge in [0.15, 0.2) is 0 Å². The monoisotopic (exact) mass is 318 g/mol. The molecule has 0 aromatic heterocycles. The Balaban J connectivity index is 1.59. The molecule has 0 unspecified atom stereocenters. The predicted octanol–water partition coefficient (Wildman–Crippen LogP) is 4.21. The van der Waals surface area contributed by atoms with E-state index in [4.69, 9.17) is 0 Å². The fraction of sp³-hybridized carbons (Fsp3) is 0.286. The van der Waals surface area contributed by atoms with E-state index in [1.165, 1.54) is 11.1 Å². The first-order valence-corrected chi connectivity index (χ1v) is 8.63. The molecule has 3 heteroatoms. The predicted molar refractivity (Wildman–Crippen MR) is 95.3 cm³/mol. The molecule has 3 nitrogen and oxygen atoms in total. The van der Waals surface area contributed by atoms with E-state index in [-0.39, 0.29) is 18.1 Å². The molecule has 0 saturated carbocycles. The molecule has 1 aliphatic carbocycles. The summed E-state index contributed by atoms with van der Waals surface area (Å²) < 4.78 is 0. The molecule has 2 amide bonds. The second-order valence-electron chi connectivity index (χ2n) is 6.59. The molecule has 2 aromatic carbocycles. The number of nitrogens with zero attached hydrogens (tertiary/aromatic N) is 2. The number of carbonyl (C=O) groups excluding carboxylic acids is 1. The standard InChI is InChI=1S/C21H22N2O/c24-21-22(15-17-9-3-1-4-10-17)19-13-7-8-14-20(19)23(21)16-18-11-5-2-6-12-18/h1-12,19-20H,13-16H2/t19-,20-/m1/s1. The molecule has 2 aliphatic rings. The van der Waals surface area contributed by atoms with Crippen molar-refractivity contribution in [2.45, 2.75) is 38.0 Å². The maximum absolute atomic E-state index is 13.1. The zero-order chi connectivity index (χ0) is 16.4. The fourth-order valence-corrected chi connectivity index (χ4v) is 3.83. The van der Waals surface area contributed by atoms with Gasteiger partial charge in [0, 0.05) is 13.1 Å². The minimum Gasteiger partial charge on any atom is -0.315 e. The normalized spacial score (nSPS) is 22.8. The molecular formula is C21H22N2O. The number of hydrogen-bond donors (Lipinski definition) is 0. The van der Waals surface area contributed by atoms with Crippen molar-refractivity contribution < 1.29 is 4.79 Å². The minimum atomic E-state index is 0.168. The molecule has 1 saturated heterocycles. The lowest BCUT2D eigenvalue weighted by Crippen LogP contribution is -2.38. The van der Waals surface area contributed by atoms with E-state index in [1.807, 2.05) is 36.4 Å². The van der Waals surface area contributed by atoms with Crippen molar-refractivity contribution >= 4 is 6.03 Å². The van der Waals surface area contributed by atoms with Crippen LogP contribution in [-0.4, -0.2) is 27.9 Å². The summed E-state index contributed by atoms with van der Waals surface area (Å²) in [6.07, 6.45) is 6.35. The van der Waals surface area contributed by atoms with Gasteiger partial charge >= 0.3 is 6.03 Å². The van der Waals surface area contributed by atoms with Crippen LogP contribution >= 0.6 is 0 Å². The molecule has 1 aliphatic heterocycles. The van der Waals surface area contributed by atoms with Crippen LogP contribution in [0.15, 0.2) is 72.8 Å². The molecule has 122 valence electrons. The third kappa shape index (κ3) is 2.82. The van der Waals surface area contributed by atoms with Crippen LogP contribution in [0.3, 0.4) is 0 Å². The third-order valence-electron chi connectivity index (χ3n) is 5.05. The van der Waals surface area contributed by atoms with E-state index in [9.17, 15) is 4.79 Å². The zero-order valence-electron chi connectivity index (χ0n) is 13.7. The van der Waals surface area contributed by atoms with Gasteiger partial charge in [0.05, 0.1) is 12.1 Å². The second-order valence-corrected chi connectivity index (χ2v) is 6.59. The van der Waals surface area contributed by atoms with Gasteiger partial charge in [-0.3, -0.25) is 0 Å². The van der Waals surface area contributed by atoms with Crippen molar-refractivity contribution in [3.05, 3.63) is 83.9 Å². The van der Waals surface area contributed by atoms with E-state index in [1.54, 1.807) is 0 Å². The van der Waals surface area contributed by atoms with Crippen molar-refractivity contribution in [3.63, 3.8) is 0 Å². The van der Waals surface area contributed by atoms with Crippen LogP contribution in [0.4, 0.5) is 4.79 Å². The van der Waals surface area contributed by atoms with Gasteiger partial charge in [-0.05, 0) is 24.0 Å². The number of amides is 2. The summed E-state index contributed by atoms with van der Waals surface area (Å²) >= 11 is 0. The SMILES string of the molecule is O=C1N(Cc2ccccc2)[C@@H]2CC=CC[C@H]2N1Cc1ccccc1. The highest BCUT2D eigenvalue weighted by Gasteiger charge is 2.45. The quantitative estimate of drug-likeness (QED) is 0.775. The van der Waals surface area contributed by atoms with E-state index >= 15 is 0 Å². The average Bonchev–Trinajstić information content (AvgIpc) is 2.90. The van der Waals surface area contributed by atoms with Gasteiger partial charge < -0.3 is 9.80 Å². The molecule has 0 spiro atoms. The van der Waals surface area contributed by atoms with Crippen LogP contribution in [0.2, 0.25) is 0 Å². The molecule has 1 heterocycles. The van der Waals surface area contributed by atoms with Crippen molar-refractivity contribution in [1.82, 2.24) is 9.80 Å². The minimum absolute atomic E-state index is 0.168. The number of carbonyl (C=O) groups is 1. The van der Waals surface area contributed by atoms with Gasteiger partial charge in [-0.25, -0.2) is 4.79 Å². The van der Waals surface area contributed by atoms with Gasteiger partial charge in [-0.2, -0.15) is 0 Å². The Morgan fingerprint density at radius 2 is 1.12 bits per heavy atom. The molecule has 2 aromatic rings. The Kier molecular flexibility index (Phi) is 4.08. The number of benzene rings is 2. The lowest BCUT2D eigenvalue weighted by molar-refractivity contribution is 0.181. The molecule has 24 heavy (non-hydrogen) atoms. The highest BCUT2D eigenvalue weighted by atomic mass is 16.2. The Morgan fingerprint density at radius 1 is 0.708 bits per heavy atom. The maximum Gasteiger partial charge on any atom is 0.321 e. The number of urea groups is 1. The first kappa shape index (κ1) is 15.0. The summed E-state index contributed by atoms with van der Waals surface area (Å²) in [5.41, 5.74) is 2.39. The highest BCUT2D eigenvalue weighted by molar-refractivity contribution is 5.78. The van der Waals surface area contributed by atoms with Crippen molar-refractivity contribution in [2.24, 2.45) is 0 Å². The fourth-order valence-electron chi connectivity index (χ4n) is 3.83. The summed E-state index contributed by atoms with van der Waals surface area (Å²) in [5, 5.41) is 0. The van der Waals surface area contributed by atoms with E-state index in [0.717, 1.165) is 12.8 Å². The summed E-state index contributed by atoms with van der Waals surface area (Å²) in [6.45, 7) is 1.39. The highest BCUT2D eigenvalue weighted by Crippen LogP contribution is 2.33. The molecule has 0 N–H and O–H groups in total. The molecule has 0 bridgehead atoms. The third-order valence-corrected chi connectivity index (χ3v) is 5.05. The molecule has 0 radical (unpaired) electrons. The van der Waals surface area contributed by atoms with Gasteiger partial charge in [0.2, 0.25) is 0 Å². The average molecular weight is 318 g/mol. The van der Waals surface area contributed by atoms with Crippen molar-refractivity contribution in [1.29, 1.82) is 0 Å². The number of hydrogen-bond acceptors (Lipinski definition) is 1. The van der Waals surface area contributed by atoms with E-state index in [0.29, 0.717) is 13.1 Å². The van der Waals surface area contributed by atoms with Gasteiger partial charge in [0.1, 0.15) is 0 Å². The van der Waals surface area contributed by atoms with Gasteiger partial charge in [-0.1, -0.05) is 72.8 Å². The second kappa shape index (κ2) is 6.52. The van der Waals surface area contributed by atoms with Crippen LogP contribution in [0.1, 0.15) is 24.0 Å². The zero-order valence-corrected chi connectivity index (χ0v) is 13.7. The van der Waals surface area contributed by atoms with Crippen LogP contribution < -0.4 is 0 Å². The Morgan fingerprint density at radius 3 is 1.54 bits per heavy atom. The first-order valence-electron chi connectivity index (χ1n) is 8.63. The van der Waals surface area contributed by atoms with Crippen molar-refractivity contribution in [2.75, 3.05) is 0 Å². The molecule has 1 fully saturated rings. The summed E-state index contributed by atoms with van der Waals surface area (Å²) in [7, 11) is 0. The Hall–Kier alpha value is -2.55. The van der Waals surface area contributed by atoms with Gasteiger partial charge in [0.25, 0.3) is 0 Å². The Labute approximate surface area is 143 Å². The van der Waals surface area contributed by atoms with E-state index < -0.39 is 0 Å². The van der Waals surface area contributed by atoms with Crippen LogP contribution in [0, 0.1) is 0 Å². The molecule has 2 atom stereocenters. The molecular weight excluding hydrogens is 296 g/mol. The maximum atomic E-state index is 13.1. The van der Waals surface area contributed by atoms with Crippen LogP contribution in [0.25, 0.3) is 0 Å². The van der Waals surface area contributed by atoms with Crippen molar-refractivity contribution in [3.8, 4) is 0 Å². The smallest absolute Gasteiger partial charge is 0.315 e. The lowest BCUT2D eigenvalue weighted by Gasteiger charge is -2.29. The first-order chi connectivity index (χ1) is 11.8. The van der Waals surface area contributed by atoms with Crippen LogP contribution in [0.5, 0.6) is 0 Å². The lowest BCUT2D eigenvalue weighted by atomic mass is 9.95. The number of fused-ring (bicyclic) bond motifs is 1. The summed E-state index contributed by atoms with van der Waals surface area (Å²) in [4.78, 5) is 17.2. The number of rotatable bonds is 4. The topological polar surface area (TPSA) is 23.6 Å². The summed E-state index contributed by atoms with van der Waals surface area (Å²) in [6, 6.07) is 21.3. The van der Waals surface area contributed by atoms with Gasteiger partial charge in [-0.15, -0.1) is 0 Å². The van der Waals surface area contributed by atoms with Crippen LogP contribution in [-0.2, 0) is 13.1 Å². The Bertz CT molecular complexity index is 665. The largest absolute Gasteiger partial charge is 0.321 e. The summed E-state index contributed by atoms with van der Waals surface area (Å²) in [5.74, 6) is 0.